The largest absolute Gasteiger partial charge is 0.354 e. The molecule has 0 saturated carbocycles. The van der Waals surface area contributed by atoms with Crippen molar-refractivity contribution in [2.45, 2.75) is 16.2 Å². The topological polar surface area (TPSA) is 29.1 Å². The Kier molecular flexibility index (Phi) is 3.64. The lowest BCUT2D eigenvalue weighted by Gasteiger charge is -2.22. The fourth-order valence-electron chi connectivity index (χ4n) is 2.76. The molecule has 0 spiro atoms. The van der Waals surface area contributed by atoms with Crippen LogP contribution in [0.2, 0.25) is 0 Å². The van der Waals surface area contributed by atoms with Crippen LogP contribution in [0.25, 0.3) is 0 Å². The van der Waals surface area contributed by atoms with Gasteiger partial charge in [-0.05, 0) is 23.8 Å². The summed E-state index contributed by atoms with van der Waals surface area (Å²) in [5.41, 5.74) is 4.03. The highest BCUT2D eigenvalue weighted by Gasteiger charge is 2.19. The lowest BCUT2D eigenvalue weighted by molar-refractivity contribution is 0.0992. The SMILES string of the molecule is O=C(Cc1cccc2c1Sc1ccccc1N2)c1ccccc1. The van der Waals surface area contributed by atoms with Crippen LogP contribution in [0.4, 0.5) is 11.4 Å². The Morgan fingerprint density at radius 2 is 1.57 bits per heavy atom. The van der Waals surface area contributed by atoms with Crippen LogP contribution in [0, 0.1) is 0 Å². The Morgan fingerprint density at radius 3 is 2.43 bits per heavy atom. The Balaban J connectivity index is 1.66. The van der Waals surface area contributed by atoms with E-state index in [-0.39, 0.29) is 5.78 Å². The molecule has 4 rings (SSSR count). The van der Waals surface area contributed by atoms with E-state index in [1.165, 1.54) is 4.90 Å². The van der Waals surface area contributed by atoms with Crippen molar-refractivity contribution in [1.29, 1.82) is 0 Å². The Bertz CT molecular complexity index is 874. The monoisotopic (exact) mass is 317 g/mol. The number of nitrogens with one attached hydrogen (secondary N) is 1. The summed E-state index contributed by atoms with van der Waals surface area (Å²) >= 11 is 1.73. The molecule has 0 aromatic heterocycles. The van der Waals surface area contributed by atoms with Crippen molar-refractivity contribution in [3.05, 3.63) is 83.9 Å². The second-order valence-electron chi connectivity index (χ2n) is 5.48. The summed E-state index contributed by atoms with van der Waals surface area (Å²) in [6.07, 6.45) is 0.421. The van der Waals surface area contributed by atoms with Crippen molar-refractivity contribution >= 4 is 28.9 Å². The molecule has 0 amide bonds. The average Bonchev–Trinajstić information content (AvgIpc) is 2.61. The number of fused-ring (bicyclic) bond motifs is 2. The summed E-state index contributed by atoms with van der Waals surface area (Å²) in [7, 11) is 0. The summed E-state index contributed by atoms with van der Waals surface area (Å²) in [6, 6.07) is 23.8. The van der Waals surface area contributed by atoms with Gasteiger partial charge in [-0.2, -0.15) is 0 Å². The zero-order valence-electron chi connectivity index (χ0n) is 12.5. The third-order valence-electron chi connectivity index (χ3n) is 3.91. The van der Waals surface area contributed by atoms with E-state index in [9.17, 15) is 4.79 Å². The molecule has 2 nitrogen and oxygen atoms in total. The third-order valence-corrected chi connectivity index (χ3v) is 5.17. The number of rotatable bonds is 3. The van der Waals surface area contributed by atoms with E-state index in [4.69, 9.17) is 0 Å². The number of benzene rings is 3. The zero-order chi connectivity index (χ0) is 15.6. The molecule has 1 heterocycles. The molecule has 1 aliphatic heterocycles. The molecular formula is C20H15NOS. The first-order valence-electron chi connectivity index (χ1n) is 7.55. The molecule has 3 aromatic rings. The van der Waals surface area contributed by atoms with E-state index in [1.54, 1.807) is 11.8 Å². The van der Waals surface area contributed by atoms with Gasteiger partial charge in [-0.3, -0.25) is 4.79 Å². The van der Waals surface area contributed by atoms with Crippen LogP contribution in [0.3, 0.4) is 0 Å². The molecular weight excluding hydrogens is 302 g/mol. The van der Waals surface area contributed by atoms with Gasteiger partial charge in [0.25, 0.3) is 0 Å². The van der Waals surface area contributed by atoms with Crippen molar-refractivity contribution < 1.29 is 4.79 Å². The molecule has 0 fully saturated rings. The van der Waals surface area contributed by atoms with Crippen molar-refractivity contribution in [1.82, 2.24) is 0 Å². The number of hydrogen-bond acceptors (Lipinski definition) is 3. The number of carbonyl (C=O) groups excluding carboxylic acids is 1. The summed E-state index contributed by atoms with van der Waals surface area (Å²) < 4.78 is 0. The molecule has 0 bridgehead atoms. The third kappa shape index (κ3) is 2.76. The molecule has 0 unspecified atom stereocenters. The number of hydrogen-bond donors (Lipinski definition) is 1. The predicted molar refractivity (Wildman–Crippen MR) is 94.8 cm³/mol. The van der Waals surface area contributed by atoms with E-state index in [0.29, 0.717) is 6.42 Å². The van der Waals surface area contributed by atoms with E-state index in [2.05, 4.69) is 23.5 Å². The van der Waals surface area contributed by atoms with Gasteiger partial charge >= 0.3 is 0 Å². The quantitative estimate of drug-likeness (QED) is 0.518. The van der Waals surface area contributed by atoms with Crippen LogP contribution in [-0.4, -0.2) is 5.78 Å². The van der Waals surface area contributed by atoms with E-state index >= 15 is 0 Å². The summed E-state index contributed by atoms with van der Waals surface area (Å²) in [6.45, 7) is 0. The second kappa shape index (κ2) is 5.94. The minimum Gasteiger partial charge on any atom is -0.354 e. The van der Waals surface area contributed by atoms with Gasteiger partial charge in [-0.15, -0.1) is 0 Å². The van der Waals surface area contributed by atoms with Crippen molar-refractivity contribution in [3.63, 3.8) is 0 Å². The normalized spacial score (nSPS) is 12.0. The van der Waals surface area contributed by atoms with Gasteiger partial charge in [0.1, 0.15) is 0 Å². The molecule has 3 heteroatoms. The number of carbonyl (C=O) groups is 1. The number of anilines is 2. The van der Waals surface area contributed by atoms with Gasteiger partial charge in [0.05, 0.1) is 11.4 Å². The summed E-state index contributed by atoms with van der Waals surface area (Å²) in [5, 5.41) is 3.46. The minimum absolute atomic E-state index is 0.151. The summed E-state index contributed by atoms with van der Waals surface area (Å²) in [5.74, 6) is 0.151. The average molecular weight is 317 g/mol. The highest BCUT2D eigenvalue weighted by molar-refractivity contribution is 7.99. The van der Waals surface area contributed by atoms with E-state index in [0.717, 1.165) is 27.4 Å². The summed E-state index contributed by atoms with van der Waals surface area (Å²) in [4.78, 5) is 14.9. The highest BCUT2D eigenvalue weighted by atomic mass is 32.2. The molecule has 112 valence electrons. The first-order chi connectivity index (χ1) is 11.3. The molecule has 0 radical (unpaired) electrons. The van der Waals surface area contributed by atoms with Gasteiger partial charge in [0.2, 0.25) is 0 Å². The molecule has 1 aliphatic rings. The fraction of sp³-hybridized carbons (Fsp3) is 0.0500. The van der Waals surface area contributed by atoms with Gasteiger partial charge < -0.3 is 5.32 Å². The van der Waals surface area contributed by atoms with Crippen LogP contribution >= 0.6 is 11.8 Å². The molecule has 0 aliphatic carbocycles. The lowest BCUT2D eigenvalue weighted by Crippen LogP contribution is -2.07. The molecule has 0 saturated heterocycles. The number of Topliss-reactive ketones (excluding diaryl/α,β-unsaturated/α-hetero) is 1. The van der Waals surface area contributed by atoms with Crippen molar-refractivity contribution in [3.8, 4) is 0 Å². The van der Waals surface area contributed by atoms with Crippen LogP contribution in [-0.2, 0) is 6.42 Å². The first-order valence-corrected chi connectivity index (χ1v) is 8.37. The minimum atomic E-state index is 0.151. The molecule has 0 atom stereocenters. The number of ketones is 1. The van der Waals surface area contributed by atoms with Gasteiger partial charge in [-0.25, -0.2) is 0 Å². The molecule has 1 N–H and O–H groups in total. The predicted octanol–water partition coefficient (Wildman–Crippen LogP) is 5.32. The van der Waals surface area contributed by atoms with Crippen LogP contribution in [0.5, 0.6) is 0 Å². The van der Waals surface area contributed by atoms with E-state index < -0.39 is 0 Å². The van der Waals surface area contributed by atoms with E-state index in [1.807, 2.05) is 54.6 Å². The number of para-hydroxylation sites is 1. The Labute approximate surface area is 139 Å². The smallest absolute Gasteiger partial charge is 0.167 e. The standard InChI is InChI=1S/C20H15NOS/c22-18(14-7-2-1-3-8-14)13-15-9-6-11-17-20(15)23-19-12-5-4-10-16(19)21-17/h1-12,21H,13H2. The maximum atomic E-state index is 12.5. The van der Waals surface area contributed by atoms with Gasteiger partial charge in [0.15, 0.2) is 5.78 Å². The van der Waals surface area contributed by atoms with Crippen molar-refractivity contribution in [2.24, 2.45) is 0 Å². The first kappa shape index (κ1) is 14.1. The van der Waals surface area contributed by atoms with Crippen molar-refractivity contribution in [2.75, 3.05) is 5.32 Å². The fourth-order valence-corrected chi connectivity index (χ4v) is 3.85. The van der Waals surface area contributed by atoms with Crippen LogP contribution in [0.15, 0.2) is 82.6 Å². The van der Waals surface area contributed by atoms with Gasteiger partial charge in [-0.1, -0.05) is 66.4 Å². The maximum absolute atomic E-state index is 12.5. The van der Waals surface area contributed by atoms with Crippen LogP contribution in [0.1, 0.15) is 15.9 Å². The molecule has 3 aromatic carbocycles. The lowest BCUT2D eigenvalue weighted by atomic mass is 10.0. The highest BCUT2D eigenvalue weighted by Crippen LogP contribution is 2.45. The maximum Gasteiger partial charge on any atom is 0.167 e. The van der Waals surface area contributed by atoms with Gasteiger partial charge in [0, 0.05) is 21.8 Å². The Morgan fingerprint density at radius 1 is 0.826 bits per heavy atom. The zero-order valence-corrected chi connectivity index (χ0v) is 13.3. The van der Waals surface area contributed by atoms with Crippen LogP contribution < -0.4 is 5.32 Å². The second-order valence-corrected chi connectivity index (χ2v) is 6.54. The Hall–Kier alpha value is -2.52. The molecule has 23 heavy (non-hydrogen) atoms.